The smallest absolute Gasteiger partial charge is 0.279 e. The van der Waals surface area contributed by atoms with Crippen LogP contribution in [0.1, 0.15) is 18.9 Å². The summed E-state index contributed by atoms with van der Waals surface area (Å²) in [5.41, 5.74) is 1.53. The van der Waals surface area contributed by atoms with Gasteiger partial charge in [-0.1, -0.05) is 0 Å². The number of likely N-dealkylation sites (N-methyl/N-ethyl adjacent to an activating group) is 1. The van der Waals surface area contributed by atoms with Crippen LogP contribution in [0.5, 0.6) is 11.5 Å². The average Bonchev–Trinajstić information content (AvgIpc) is 3.24. The summed E-state index contributed by atoms with van der Waals surface area (Å²) in [6.07, 6.45) is 0. The van der Waals surface area contributed by atoms with Gasteiger partial charge >= 0.3 is 0 Å². The first-order chi connectivity index (χ1) is 14.0. The molecule has 0 aliphatic carbocycles. The average molecular weight is 397 g/mol. The molecule has 0 bridgehead atoms. The third-order valence-corrected chi connectivity index (χ3v) is 4.70. The van der Waals surface area contributed by atoms with Gasteiger partial charge in [-0.05, 0) is 55.5 Å². The fourth-order valence-electron chi connectivity index (χ4n) is 2.76. The lowest BCUT2D eigenvalue weighted by Gasteiger charge is -2.18. The number of benzene rings is 2. The standard InChI is InChI=1S/C21H24N4O4/c1-14(20-23-24-21(29-20)15-5-9-17(27-3)10-6-15)25(2)13-19(26)22-16-7-11-18(28-4)12-8-16/h5-12,14H,13H2,1-4H3,(H,22,26)/p+1/t14-/m1/s1. The minimum atomic E-state index is -0.142. The van der Waals surface area contributed by atoms with Crippen LogP contribution in [0.3, 0.4) is 0 Å². The third kappa shape index (κ3) is 5.11. The van der Waals surface area contributed by atoms with E-state index in [2.05, 4.69) is 15.5 Å². The fraction of sp³-hybridized carbons (Fsp3) is 0.286. The van der Waals surface area contributed by atoms with Crippen LogP contribution in [-0.4, -0.2) is 43.9 Å². The second-order valence-electron chi connectivity index (χ2n) is 6.70. The summed E-state index contributed by atoms with van der Waals surface area (Å²) in [5.74, 6) is 2.31. The molecule has 1 aromatic heterocycles. The maximum Gasteiger partial charge on any atom is 0.279 e. The number of anilines is 1. The van der Waals surface area contributed by atoms with Gasteiger partial charge in [-0.15, -0.1) is 10.2 Å². The number of methoxy groups -OCH3 is 2. The number of hydrogen-bond acceptors (Lipinski definition) is 6. The molecule has 2 atom stereocenters. The van der Waals surface area contributed by atoms with Crippen molar-refractivity contribution in [2.75, 3.05) is 33.1 Å². The Labute approximate surface area is 169 Å². The van der Waals surface area contributed by atoms with Crippen LogP contribution in [0.2, 0.25) is 0 Å². The maximum atomic E-state index is 12.4. The molecule has 0 spiro atoms. The third-order valence-electron chi connectivity index (χ3n) is 4.70. The van der Waals surface area contributed by atoms with Gasteiger partial charge in [0.25, 0.3) is 11.8 Å². The van der Waals surface area contributed by atoms with E-state index in [1.165, 1.54) is 0 Å². The summed E-state index contributed by atoms with van der Waals surface area (Å²) >= 11 is 0. The number of carbonyl (C=O) groups is 1. The molecule has 0 aliphatic rings. The quantitative estimate of drug-likeness (QED) is 0.604. The predicted octanol–water partition coefficient (Wildman–Crippen LogP) is 1.97. The zero-order valence-corrected chi connectivity index (χ0v) is 16.9. The Morgan fingerprint density at radius 1 is 1.03 bits per heavy atom. The van der Waals surface area contributed by atoms with E-state index in [9.17, 15) is 4.79 Å². The lowest BCUT2D eigenvalue weighted by Crippen LogP contribution is -3.10. The van der Waals surface area contributed by atoms with E-state index in [4.69, 9.17) is 13.9 Å². The molecule has 0 saturated heterocycles. The number of nitrogens with one attached hydrogen (secondary N) is 2. The van der Waals surface area contributed by atoms with Gasteiger partial charge in [-0.3, -0.25) is 4.79 Å². The highest BCUT2D eigenvalue weighted by Crippen LogP contribution is 2.22. The van der Waals surface area contributed by atoms with E-state index in [1.54, 1.807) is 38.5 Å². The first-order valence-electron chi connectivity index (χ1n) is 9.24. The molecule has 2 aromatic carbocycles. The Morgan fingerprint density at radius 2 is 1.62 bits per heavy atom. The van der Waals surface area contributed by atoms with E-state index in [1.807, 2.05) is 38.2 Å². The van der Waals surface area contributed by atoms with Crippen molar-refractivity contribution < 1.29 is 23.6 Å². The highest BCUT2D eigenvalue weighted by molar-refractivity contribution is 5.91. The highest BCUT2D eigenvalue weighted by Gasteiger charge is 2.24. The molecular weight excluding hydrogens is 372 g/mol. The van der Waals surface area contributed by atoms with Gasteiger partial charge in [-0.2, -0.15) is 0 Å². The molecule has 3 aromatic rings. The Morgan fingerprint density at radius 3 is 2.21 bits per heavy atom. The van der Waals surface area contributed by atoms with E-state index in [-0.39, 0.29) is 18.5 Å². The SMILES string of the molecule is COc1ccc(NC(=O)C[NH+](C)[C@H](C)c2nnc(-c3ccc(OC)cc3)o2)cc1. The van der Waals surface area contributed by atoms with Gasteiger partial charge in [0.15, 0.2) is 12.6 Å². The number of aromatic nitrogens is 2. The number of nitrogens with zero attached hydrogens (tertiary/aromatic N) is 2. The Bertz CT molecular complexity index is 938. The molecule has 0 saturated carbocycles. The van der Waals surface area contributed by atoms with Crippen LogP contribution in [-0.2, 0) is 4.79 Å². The van der Waals surface area contributed by atoms with Crippen LogP contribution in [0.4, 0.5) is 5.69 Å². The summed E-state index contributed by atoms with van der Waals surface area (Å²) in [5, 5.41) is 11.2. The monoisotopic (exact) mass is 397 g/mol. The second-order valence-corrected chi connectivity index (χ2v) is 6.70. The van der Waals surface area contributed by atoms with E-state index in [0.717, 1.165) is 27.6 Å². The predicted molar refractivity (Wildman–Crippen MR) is 108 cm³/mol. The van der Waals surface area contributed by atoms with Crippen LogP contribution in [0, 0.1) is 0 Å². The number of ether oxygens (including phenoxy) is 2. The van der Waals surface area contributed by atoms with Gasteiger partial charge in [0, 0.05) is 11.3 Å². The lowest BCUT2D eigenvalue weighted by atomic mass is 10.2. The van der Waals surface area contributed by atoms with Crippen molar-refractivity contribution in [1.29, 1.82) is 0 Å². The number of carbonyl (C=O) groups excluding carboxylic acids is 1. The topological polar surface area (TPSA) is 90.9 Å². The first kappa shape index (κ1) is 20.3. The summed E-state index contributed by atoms with van der Waals surface area (Å²) in [6.45, 7) is 2.20. The first-order valence-corrected chi connectivity index (χ1v) is 9.24. The maximum absolute atomic E-state index is 12.4. The Balaban J connectivity index is 1.59. The van der Waals surface area contributed by atoms with E-state index >= 15 is 0 Å². The molecule has 0 radical (unpaired) electrons. The van der Waals surface area contributed by atoms with Gasteiger partial charge in [0.1, 0.15) is 11.5 Å². The molecule has 8 heteroatoms. The summed E-state index contributed by atoms with van der Waals surface area (Å²) in [7, 11) is 5.13. The minimum absolute atomic E-state index is 0.102. The number of hydrogen-bond donors (Lipinski definition) is 2. The number of rotatable bonds is 8. The van der Waals surface area contributed by atoms with Crippen LogP contribution in [0.15, 0.2) is 52.9 Å². The zero-order chi connectivity index (χ0) is 20.8. The van der Waals surface area contributed by atoms with Crippen molar-refractivity contribution in [2.24, 2.45) is 0 Å². The summed E-state index contributed by atoms with van der Waals surface area (Å²) in [6, 6.07) is 14.5. The summed E-state index contributed by atoms with van der Waals surface area (Å²) < 4.78 is 16.1. The minimum Gasteiger partial charge on any atom is -0.497 e. The summed E-state index contributed by atoms with van der Waals surface area (Å²) in [4.78, 5) is 13.3. The van der Waals surface area contributed by atoms with Gasteiger partial charge < -0.3 is 24.1 Å². The highest BCUT2D eigenvalue weighted by atomic mass is 16.5. The largest absolute Gasteiger partial charge is 0.497 e. The molecule has 3 rings (SSSR count). The van der Waals surface area contributed by atoms with Crippen molar-refractivity contribution in [1.82, 2.24) is 10.2 Å². The molecule has 1 amide bonds. The number of amides is 1. The van der Waals surface area contributed by atoms with E-state index < -0.39 is 0 Å². The van der Waals surface area contributed by atoms with Crippen molar-refractivity contribution in [3.8, 4) is 23.0 Å². The van der Waals surface area contributed by atoms with Crippen molar-refractivity contribution in [3.63, 3.8) is 0 Å². The van der Waals surface area contributed by atoms with Crippen molar-refractivity contribution >= 4 is 11.6 Å². The number of quaternary nitrogens is 1. The van der Waals surface area contributed by atoms with E-state index in [0.29, 0.717) is 11.8 Å². The Hall–Kier alpha value is -3.39. The van der Waals surface area contributed by atoms with Crippen molar-refractivity contribution in [3.05, 3.63) is 54.4 Å². The molecule has 2 N–H and O–H groups in total. The van der Waals surface area contributed by atoms with Gasteiger partial charge in [-0.25, -0.2) is 0 Å². The molecule has 8 nitrogen and oxygen atoms in total. The van der Waals surface area contributed by atoms with Crippen LogP contribution >= 0.6 is 0 Å². The van der Waals surface area contributed by atoms with Crippen LogP contribution in [0.25, 0.3) is 11.5 Å². The molecule has 29 heavy (non-hydrogen) atoms. The fourth-order valence-corrected chi connectivity index (χ4v) is 2.76. The lowest BCUT2D eigenvalue weighted by molar-refractivity contribution is -0.903. The Kier molecular flexibility index (Phi) is 6.46. The molecule has 1 unspecified atom stereocenters. The molecule has 1 heterocycles. The van der Waals surface area contributed by atoms with Crippen molar-refractivity contribution in [2.45, 2.75) is 13.0 Å². The van der Waals surface area contributed by atoms with Crippen LogP contribution < -0.4 is 19.7 Å². The molecular formula is C21H25N4O4+. The molecule has 0 aliphatic heterocycles. The molecule has 152 valence electrons. The van der Waals surface area contributed by atoms with Gasteiger partial charge in [0.05, 0.1) is 21.3 Å². The zero-order valence-electron chi connectivity index (χ0n) is 16.9. The second kappa shape index (κ2) is 9.20. The van der Waals surface area contributed by atoms with Gasteiger partial charge in [0.2, 0.25) is 5.89 Å². The molecule has 0 fully saturated rings. The normalized spacial score (nSPS) is 12.8.